The Hall–Kier alpha value is -3.44. The Morgan fingerprint density at radius 1 is 1.22 bits per heavy atom. The molecule has 0 saturated heterocycles. The van der Waals surface area contributed by atoms with Crippen molar-refractivity contribution in [1.82, 2.24) is 9.97 Å². The summed E-state index contributed by atoms with van der Waals surface area (Å²) in [5.41, 5.74) is 11.4. The lowest BCUT2D eigenvalue weighted by molar-refractivity contribution is 1.22. The number of fused-ring (bicyclic) bond motifs is 1. The van der Waals surface area contributed by atoms with Crippen LogP contribution in [0.25, 0.3) is 17.2 Å². The van der Waals surface area contributed by atoms with Crippen molar-refractivity contribution in [3.8, 4) is 12.1 Å². The molecule has 23 heavy (non-hydrogen) atoms. The van der Waals surface area contributed by atoms with Gasteiger partial charge in [-0.25, -0.2) is 4.98 Å². The molecule has 5 heteroatoms. The van der Waals surface area contributed by atoms with Crippen molar-refractivity contribution >= 4 is 23.0 Å². The highest BCUT2D eigenvalue weighted by Gasteiger charge is 2.29. The van der Waals surface area contributed by atoms with Gasteiger partial charge >= 0.3 is 0 Å². The van der Waals surface area contributed by atoms with Crippen LogP contribution >= 0.6 is 0 Å². The quantitative estimate of drug-likeness (QED) is 0.872. The smallest absolute Gasteiger partial charge is 0.142 e. The number of hydrogen-bond acceptors (Lipinski definition) is 5. The second-order valence-electron chi connectivity index (χ2n) is 5.29. The first kappa shape index (κ1) is 14.5. The van der Waals surface area contributed by atoms with Crippen LogP contribution in [-0.4, -0.2) is 9.97 Å². The zero-order valence-electron chi connectivity index (χ0n) is 12.8. The molecule has 0 saturated carbocycles. The zero-order chi connectivity index (χ0) is 16.6. The van der Waals surface area contributed by atoms with Gasteiger partial charge in [0.2, 0.25) is 0 Å². The number of nitrogens with zero attached hydrogens (tertiary/aromatic N) is 4. The number of allylic oxidation sites excluding steroid dienone is 3. The lowest BCUT2D eigenvalue weighted by Crippen LogP contribution is -2.03. The first-order valence-corrected chi connectivity index (χ1v) is 7.02. The molecule has 1 aliphatic rings. The van der Waals surface area contributed by atoms with E-state index < -0.39 is 0 Å². The van der Waals surface area contributed by atoms with Crippen LogP contribution in [0.15, 0.2) is 30.1 Å². The summed E-state index contributed by atoms with van der Waals surface area (Å²) in [7, 11) is 0. The minimum Gasteiger partial charge on any atom is -0.383 e. The average molecular weight is 299 g/mol. The fourth-order valence-electron chi connectivity index (χ4n) is 2.82. The third-order valence-corrected chi connectivity index (χ3v) is 3.98. The molecule has 0 fully saturated rings. The first-order valence-electron chi connectivity index (χ1n) is 7.02. The summed E-state index contributed by atoms with van der Waals surface area (Å²) < 4.78 is 0. The third kappa shape index (κ3) is 2.16. The average Bonchev–Trinajstić information content (AvgIpc) is 2.80. The highest BCUT2D eigenvalue weighted by atomic mass is 14.9. The Kier molecular flexibility index (Phi) is 3.40. The zero-order valence-corrected chi connectivity index (χ0v) is 12.8. The minimum atomic E-state index is 0.159. The predicted molar refractivity (Wildman–Crippen MR) is 88.4 cm³/mol. The van der Waals surface area contributed by atoms with Gasteiger partial charge in [0.1, 0.15) is 18.0 Å². The van der Waals surface area contributed by atoms with E-state index in [1.165, 1.54) is 0 Å². The van der Waals surface area contributed by atoms with E-state index in [2.05, 4.69) is 22.1 Å². The second-order valence-corrected chi connectivity index (χ2v) is 5.29. The van der Waals surface area contributed by atoms with Crippen LogP contribution in [0.4, 0.5) is 5.82 Å². The van der Waals surface area contributed by atoms with Gasteiger partial charge in [-0.1, -0.05) is 6.07 Å². The molecule has 2 aromatic heterocycles. The van der Waals surface area contributed by atoms with Crippen LogP contribution in [0.5, 0.6) is 0 Å². The van der Waals surface area contributed by atoms with Crippen molar-refractivity contribution in [2.45, 2.75) is 13.8 Å². The summed E-state index contributed by atoms with van der Waals surface area (Å²) in [6.07, 6.45) is 5.41. The van der Waals surface area contributed by atoms with Gasteiger partial charge in [0.15, 0.2) is 0 Å². The molecular formula is C18H13N5. The van der Waals surface area contributed by atoms with E-state index in [0.29, 0.717) is 16.8 Å². The maximum atomic E-state index is 9.48. The van der Waals surface area contributed by atoms with Gasteiger partial charge in [-0.05, 0) is 48.3 Å². The molecule has 0 unspecified atom stereocenters. The highest BCUT2D eigenvalue weighted by Crippen LogP contribution is 2.43. The van der Waals surface area contributed by atoms with Crippen LogP contribution in [0, 0.1) is 29.6 Å². The first-order chi connectivity index (χ1) is 11.1. The van der Waals surface area contributed by atoms with Crippen molar-refractivity contribution in [2.24, 2.45) is 0 Å². The molecule has 0 amide bonds. The Bertz CT molecular complexity index is 954. The van der Waals surface area contributed by atoms with Gasteiger partial charge < -0.3 is 5.73 Å². The third-order valence-electron chi connectivity index (χ3n) is 3.98. The van der Waals surface area contributed by atoms with Crippen molar-refractivity contribution in [1.29, 1.82) is 10.5 Å². The molecule has 110 valence electrons. The predicted octanol–water partition coefficient (Wildman–Crippen LogP) is 3.09. The van der Waals surface area contributed by atoms with E-state index >= 15 is 0 Å². The van der Waals surface area contributed by atoms with Gasteiger partial charge in [0, 0.05) is 18.0 Å². The monoisotopic (exact) mass is 299 g/mol. The van der Waals surface area contributed by atoms with Crippen molar-refractivity contribution in [3.63, 3.8) is 0 Å². The van der Waals surface area contributed by atoms with Crippen LogP contribution in [0.2, 0.25) is 0 Å². The summed E-state index contributed by atoms with van der Waals surface area (Å²) in [6.45, 7) is 3.71. The number of nitriles is 2. The number of rotatable bonds is 1. The van der Waals surface area contributed by atoms with Gasteiger partial charge in [0.25, 0.3) is 0 Å². The molecule has 2 N–H and O–H groups in total. The van der Waals surface area contributed by atoms with Crippen molar-refractivity contribution in [3.05, 3.63) is 58.0 Å². The number of anilines is 1. The normalized spacial score (nSPS) is 14.5. The lowest BCUT2D eigenvalue weighted by atomic mass is 9.96. The Morgan fingerprint density at radius 2 is 2.00 bits per heavy atom. The molecule has 0 atom stereocenters. The van der Waals surface area contributed by atoms with Crippen LogP contribution < -0.4 is 5.73 Å². The largest absolute Gasteiger partial charge is 0.383 e. The number of pyridine rings is 2. The van der Waals surface area contributed by atoms with E-state index in [0.717, 1.165) is 27.8 Å². The minimum absolute atomic E-state index is 0.159. The number of nitrogens with two attached hydrogens (primary N) is 1. The van der Waals surface area contributed by atoms with Crippen molar-refractivity contribution < 1.29 is 0 Å². The van der Waals surface area contributed by atoms with Crippen LogP contribution in [0.3, 0.4) is 0 Å². The molecule has 3 rings (SSSR count). The molecule has 1 aliphatic carbocycles. The van der Waals surface area contributed by atoms with E-state index in [9.17, 15) is 10.5 Å². The maximum Gasteiger partial charge on any atom is 0.142 e. The molecule has 0 radical (unpaired) electrons. The number of nitrogen functional groups attached to an aromatic ring is 1. The second kappa shape index (κ2) is 5.40. The van der Waals surface area contributed by atoms with E-state index in [1.54, 1.807) is 12.4 Å². The maximum absolute atomic E-state index is 9.48. The Morgan fingerprint density at radius 3 is 2.61 bits per heavy atom. The molecule has 2 aromatic rings. The fourth-order valence-corrected chi connectivity index (χ4v) is 2.82. The van der Waals surface area contributed by atoms with E-state index in [1.807, 2.05) is 32.1 Å². The fraction of sp³-hybridized carbons (Fsp3) is 0.111. The summed E-state index contributed by atoms with van der Waals surface area (Å²) >= 11 is 0. The van der Waals surface area contributed by atoms with Crippen LogP contribution in [0.1, 0.15) is 34.9 Å². The Balaban J connectivity index is 2.35. The molecule has 2 heterocycles. The van der Waals surface area contributed by atoms with Crippen LogP contribution in [-0.2, 0) is 0 Å². The highest BCUT2D eigenvalue weighted by molar-refractivity contribution is 6.08. The summed E-state index contributed by atoms with van der Waals surface area (Å²) in [5, 5.41) is 18.8. The summed E-state index contributed by atoms with van der Waals surface area (Å²) in [5.74, 6) is 0.159. The van der Waals surface area contributed by atoms with Gasteiger partial charge in [-0.2, -0.15) is 10.5 Å². The van der Waals surface area contributed by atoms with Gasteiger partial charge in [0.05, 0.1) is 16.8 Å². The standard InChI is InChI=1S/C18H13N5/c1-10-13(6-12-4-3-5-22-9-12)16-11(2)15(8-20)18(21)23-17(16)14(10)7-19/h3-6,9H,1-2H3,(H2,21,23)/b13-6-. The molecular weight excluding hydrogens is 286 g/mol. The lowest BCUT2D eigenvalue weighted by Gasteiger charge is -2.10. The van der Waals surface area contributed by atoms with E-state index in [4.69, 9.17) is 5.73 Å². The van der Waals surface area contributed by atoms with Gasteiger partial charge in [-0.15, -0.1) is 0 Å². The SMILES string of the molecule is CC1=C(C#N)c2nc(N)c(C#N)c(C)c2/C1=C\c1cccnc1. The topological polar surface area (TPSA) is 99.4 Å². The Labute approximate surface area is 134 Å². The molecule has 0 bridgehead atoms. The summed E-state index contributed by atoms with van der Waals surface area (Å²) in [4.78, 5) is 8.40. The molecule has 0 aromatic carbocycles. The van der Waals surface area contributed by atoms with Crippen molar-refractivity contribution in [2.75, 3.05) is 5.73 Å². The summed E-state index contributed by atoms with van der Waals surface area (Å²) in [6, 6.07) is 8.08. The molecule has 0 aliphatic heterocycles. The molecule has 5 nitrogen and oxygen atoms in total. The van der Waals surface area contributed by atoms with E-state index in [-0.39, 0.29) is 5.82 Å². The number of aromatic nitrogens is 2. The number of hydrogen-bond donors (Lipinski definition) is 1. The molecule has 0 spiro atoms. The van der Waals surface area contributed by atoms with Gasteiger partial charge in [-0.3, -0.25) is 4.98 Å².